The Morgan fingerprint density at radius 3 is 2.21 bits per heavy atom. The number of esters is 1. The van der Waals surface area contributed by atoms with Crippen molar-refractivity contribution in [3.63, 3.8) is 0 Å². The molecule has 0 bridgehead atoms. The lowest BCUT2D eigenvalue weighted by molar-refractivity contribution is -0.142. The number of aryl methyl sites for hydroxylation is 1. The van der Waals surface area contributed by atoms with E-state index in [1.807, 2.05) is 109 Å². The zero-order chi connectivity index (χ0) is 26.6. The minimum atomic E-state index is -0.221. The molecule has 5 nitrogen and oxygen atoms in total. The summed E-state index contributed by atoms with van der Waals surface area (Å²) in [5.74, 6) is -0.221. The van der Waals surface area contributed by atoms with E-state index in [9.17, 15) is 9.59 Å². The van der Waals surface area contributed by atoms with Crippen molar-refractivity contribution in [2.45, 2.75) is 36.0 Å². The lowest BCUT2D eigenvalue weighted by Gasteiger charge is -2.24. The molecule has 2 amide bonds. The van der Waals surface area contributed by atoms with E-state index in [1.54, 1.807) is 11.8 Å². The van der Waals surface area contributed by atoms with Crippen LogP contribution in [0.5, 0.6) is 0 Å². The van der Waals surface area contributed by atoms with E-state index in [1.165, 1.54) is 5.56 Å². The van der Waals surface area contributed by atoms with Gasteiger partial charge in [0.05, 0.1) is 13.0 Å². The van der Waals surface area contributed by atoms with Gasteiger partial charge in [-0.25, -0.2) is 4.79 Å². The number of amides is 2. The topological polar surface area (TPSA) is 58.6 Å². The highest BCUT2D eigenvalue weighted by Crippen LogP contribution is 2.31. The van der Waals surface area contributed by atoms with Gasteiger partial charge in [-0.2, -0.15) is 0 Å². The zero-order valence-corrected chi connectivity index (χ0v) is 22.3. The number of rotatable bonds is 11. The molecule has 0 saturated carbocycles. The number of benzene rings is 4. The Kier molecular flexibility index (Phi) is 9.99. The maximum atomic E-state index is 13.4. The van der Waals surface area contributed by atoms with Crippen molar-refractivity contribution in [1.29, 1.82) is 0 Å². The summed E-state index contributed by atoms with van der Waals surface area (Å²) in [5, 5.41) is 3.03. The van der Waals surface area contributed by atoms with Gasteiger partial charge in [-0.05, 0) is 73.4 Å². The Morgan fingerprint density at radius 2 is 1.50 bits per heavy atom. The molecule has 0 saturated heterocycles. The van der Waals surface area contributed by atoms with Crippen LogP contribution in [0.1, 0.15) is 24.5 Å². The zero-order valence-electron chi connectivity index (χ0n) is 21.5. The average molecular weight is 525 g/mol. The number of ether oxygens (including phenoxy) is 1. The van der Waals surface area contributed by atoms with Crippen molar-refractivity contribution in [2.75, 3.05) is 23.4 Å². The Hall–Kier alpha value is -4.03. The van der Waals surface area contributed by atoms with Gasteiger partial charge in [0.2, 0.25) is 0 Å². The number of carbonyl (C=O) groups excluding carboxylic acids is 2. The molecular formula is C32H32N2O3S. The van der Waals surface area contributed by atoms with Gasteiger partial charge in [0.15, 0.2) is 0 Å². The first-order valence-corrected chi connectivity index (χ1v) is 13.6. The smallest absolute Gasteiger partial charge is 0.326 e. The quantitative estimate of drug-likeness (QED) is 0.205. The number of nitrogens with one attached hydrogen (secondary N) is 1. The fourth-order valence-electron chi connectivity index (χ4n) is 4.05. The maximum absolute atomic E-state index is 13.4. The van der Waals surface area contributed by atoms with Crippen LogP contribution in [-0.2, 0) is 22.4 Å². The van der Waals surface area contributed by atoms with Gasteiger partial charge < -0.3 is 10.1 Å². The first-order valence-electron chi connectivity index (χ1n) is 12.8. The molecule has 194 valence electrons. The molecule has 0 aliphatic heterocycles. The Balaban J connectivity index is 1.47. The summed E-state index contributed by atoms with van der Waals surface area (Å²) in [5.41, 5.74) is 3.78. The molecule has 0 spiro atoms. The van der Waals surface area contributed by atoms with Crippen molar-refractivity contribution in [2.24, 2.45) is 0 Å². The summed E-state index contributed by atoms with van der Waals surface area (Å²) < 4.78 is 5.04. The first-order chi connectivity index (χ1) is 18.6. The minimum absolute atomic E-state index is 0.158. The number of hydrogen-bond donors (Lipinski definition) is 1. The molecule has 1 N–H and O–H groups in total. The SMILES string of the molecule is CCOC(=O)Cc1ccc(Sc2cccc(N(CCCc3ccccc3)C(=O)Nc3ccccc3)c2)cc1. The second kappa shape index (κ2) is 14.1. The molecular weight excluding hydrogens is 492 g/mol. The lowest BCUT2D eigenvalue weighted by Crippen LogP contribution is -2.36. The van der Waals surface area contributed by atoms with E-state index in [2.05, 4.69) is 17.4 Å². The van der Waals surface area contributed by atoms with Crippen LogP contribution in [0.4, 0.5) is 16.2 Å². The summed E-state index contributed by atoms with van der Waals surface area (Å²) >= 11 is 1.62. The molecule has 4 aromatic rings. The van der Waals surface area contributed by atoms with E-state index in [4.69, 9.17) is 4.74 Å². The highest BCUT2D eigenvalue weighted by Gasteiger charge is 2.17. The molecule has 0 atom stereocenters. The number of urea groups is 1. The number of carbonyl (C=O) groups is 2. The summed E-state index contributed by atoms with van der Waals surface area (Å²) in [6, 6.07) is 35.6. The van der Waals surface area contributed by atoms with Crippen LogP contribution in [0, 0.1) is 0 Å². The van der Waals surface area contributed by atoms with E-state index < -0.39 is 0 Å². The predicted octanol–water partition coefficient (Wildman–Crippen LogP) is 7.61. The molecule has 4 rings (SSSR count). The van der Waals surface area contributed by atoms with Crippen molar-refractivity contribution in [3.8, 4) is 0 Å². The molecule has 0 unspecified atom stereocenters. The Bertz CT molecular complexity index is 1310. The molecule has 0 aliphatic carbocycles. The first kappa shape index (κ1) is 27.0. The van der Waals surface area contributed by atoms with Gasteiger partial charge in [-0.15, -0.1) is 0 Å². The third kappa shape index (κ3) is 8.25. The molecule has 6 heteroatoms. The molecule has 4 aromatic carbocycles. The van der Waals surface area contributed by atoms with Crippen LogP contribution in [0.2, 0.25) is 0 Å². The van der Waals surface area contributed by atoms with Crippen molar-refractivity contribution < 1.29 is 14.3 Å². The summed E-state index contributed by atoms with van der Waals surface area (Å²) in [6.45, 7) is 2.78. The lowest BCUT2D eigenvalue weighted by atomic mass is 10.1. The van der Waals surface area contributed by atoms with Crippen molar-refractivity contribution in [1.82, 2.24) is 0 Å². The molecule has 0 aromatic heterocycles. The monoisotopic (exact) mass is 524 g/mol. The molecule has 0 fully saturated rings. The number of anilines is 2. The molecule has 0 radical (unpaired) electrons. The number of para-hydroxylation sites is 1. The normalized spacial score (nSPS) is 10.6. The maximum Gasteiger partial charge on any atom is 0.326 e. The summed E-state index contributed by atoms with van der Waals surface area (Å²) in [6.07, 6.45) is 2.00. The van der Waals surface area contributed by atoms with Crippen LogP contribution >= 0.6 is 11.8 Å². The second-order valence-corrected chi connectivity index (χ2v) is 9.91. The summed E-state index contributed by atoms with van der Waals surface area (Å²) in [4.78, 5) is 29.0. The van der Waals surface area contributed by atoms with E-state index in [0.717, 1.165) is 39.6 Å². The van der Waals surface area contributed by atoms with Crippen LogP contribution in [0.3, 0.4) is 0 Å². The van der Waals surface area contributed by atoms with Gasteiger partial charge in [0, 0.05) is 27.7 Å². The molecule has 38 heavy (non-hydrogen) atoms. The summed E-state index contributed by atoms with van der Waals surface area (Å²) in [7, 11) is 0. The highest BCUT2D eigenvalue weighted by molar-refractivity contribution is 7.99. The van der Waals surface area contributed by atoms with Crippen molar-refractivity contribution in [3.05, 3.63) is 120 Å². The number of nitrogens with zero attached hydrogens (tertiary/aromatic N) is 1. The largest absolute Gasteiger partial charge is 0.466 e. The van der Waals surface area contributed by atoms with Gasteiger partial charge in [0.25, 0.3) is 0 Å². The van der Waals surface area contributed by atoms with E-state index in [-0.39, 0.29) is 18.4 Å². The van der Waals surface area contributed by atoms with Gasteiger partial charge >= 0.3 is 12.0 Å². The average Bonchev–Trinajstić information content (AvgIpc) is 2.93. The predicted molar refractivity (Wildman–Crippen MR) is 155 cm³/mol. The second-order valence-electron chi connectivity index (χ2n) is 8.76. The fourth-order valence-corrected chi connectivity index (χ4v) is 4.92. The van der Waals surface area contributed by atoms with Gasteiger partial charge in [-0.3, -0.25) is 9.69 Å². The minimum Gasteiger partial charge on any atom is -0.466 e. The standard InChI is InChI=1S/C32H32N2O3S/c1-2-37-31(35)23-26-18-20-29(21-19-26)38-30-17-9-16-28(24-30)34(22-10-13-25-11-5-3-6-12-25)32(36)33-27-14-7-4-8-15-27/h3-9,11-12,14-21,24H,2,10,13,22-23H2,1H3,(H,33,36). The van der Waals surface area contributed by atoms with E-state index >= 15 is 0 Å². The van der Waals surface area contributed by atoms with Crippen LogP contribution in [-0.4, -0.2) is 25.2 Å². The van der Waals surface area contributed by atoms with Crippen molar-refractivity contribution >= 4 is 35.1 Å². The molecule has 0 aliphatic rings. The van der Waals surface area contributed by atoms with Gasteiger partial charge in [0.1, 0.15) is 0 Å². The molecule has 0 heterocycles. The van der Waals surface area contributed by atoms with Gasteiger partial charge in [-0.1, -0.05) is 78.5 Å². The van der Waals surface area contributed by atoms with E-state index in [0.29, 0.717) is 13.2 Å². The third-order valence-corrected chi connectivity index (χ3v) is 6.90. The van der Waals surface area contributed by atoms with Crippen LogP contribution in [0.15, 0.2) is 119 Å². The fraction of sp³-hybridized carbons (Fsp3) is 0.188. The Morgan fingerprint density at radius 1 is 0.789 bits per heavy atom. The highest BCUT2D eigenvalue weighted by atomic mass is 32.2. The Labute approximate surface area is 228 Å². The van der Waals surface area contributed by atoms with Crippen LogP contribution < -0.4 is 10.2 Å². The number of hydrogen-bond acceptors (Lipinski definition) is 4. The third-order valence-electron chi connectivity index (χ3n) is 5.90. The van der Waals surface area contributed by atoms with Crippen LogP contribution in [0.25, 0.3) is 0 Å².